The van der Waals surface area contributed by atoms with Crippen LogP contribution in [0.3, 0.4) is 0 Å². The van der Waals surface area contributed by atoms with Gasteiger partial charge in [0.1, 0.15) is 0 Å². The Labute approximate surface area is 63.7 Å². The Kier molecular flexibility index (Phi) is 4.46. The predicted molar refractivity (Wildman–Crippen MR) is 41.4 cm³/mol. The SMILES string of the molecule is CS(=O)(=O)SCCNC=O. The molecule has 0 aliphatic rings. The van der Waals surface area contributed by atoms with Gasteiger partial charge in [0.15, 0.2) is 8.87 Å². The summed E-state index contributed by atoms with van der Waals surface area (Å²) in [6.07, 6.45) is 1.68. The smallest absolute Gasteiger partial charge is 0.207 e. The number of hydrogen-bond acceptors (Lipinski definition) is 4. The van der Waals surface area contributed by atoms with Crippen molar-refractivity contribution in [3.8, 4) is 0 Å². The van der Waals surface area contributed by atoms with Gasteiger partial charge in [0.25, 0.3) is 0 Å². The standard InChI is InChI=1S/C4H9NO3S2/c1-10(7,8)9-3-2-5-4-6/h4H,2-3H2,1H3,(H,5,6). The van der Waals surface area contributed by atoms with Crippen molar-refractivity contribution >= 4 is 26.1 Å². The van der Waals surface area contributed by atoms with Crippen LogP contribution in [-0.2, 0) is 13.7 Å². The van der Waals surface area contributed by atoms with Crippen LogP contribution < -0.4 is 5.32 Å². The van der Waals surface area contributed by atoms with Gasteiger partial charge in [0, 0.05) is 18.6 Å². The van der Waals surface area contributed by atoms with Gasteiger partial charge >= 0.3 is 0 Å². The molecule has 0 aliphatic heterocycles. The molecule has 1 N–H and O–H groups in total. The molecule has 0 saturated heterocycles. The molecule has 0 aromatic rings. The van der Waals surface area contributed by atoms with E-state index >= 15 is 0 Å². The summed E-state index contributed by atoms with van der Waals surface area (Å²) in [6, 6.07) is 0. The maximum absolute atomic E-state index is 10.4. The van der Waals surface area contributed by atoms with Gasteiger partial charge in [-0.3, -0.25) is 4.79 Å². The van der Waals surface area contributed by atoms with Crippen molar-refractivity contribution in [1.29, 1.82) is 0 Å². The summed E-state index contributed by atoms with van der Waals surface area (Å²) < 4.78 is 20.9. The first-order valence-electron chi connectivity index (χ1n) is 2.57. The Morgan fingerprint density at radius 2 is 2.20 bits per heavy atom. The molecule has 0 radical (unpaired) electrons. The van der Waals surface area contributed by atoms with Gasteiger partial charge in [-0.25, -0.2) is 8.42 Å². The fourth-order valence-corrected chi connectivity index (χ4v) is 1.97. The highest BCUT2D eigenvalue weighted by Crippen LogP contribution is 2.06. The summed E-state index contributed by atoms with van der Waals surface area (Å²) in [5.74, 6) is 0.400. The van der Waals surface area contributed by atoms with Gasteiger partial charge in [0.05, 0.1) is 0 Å². The molecule has 0 unspecified atom stereocenters. The van der Waals surface area contributed by atoms with Crippen molar-refractivity contribution in [3.05, 3.63) is 0 Å². The summed E-state index contributed by atoms with van der Waals surface area (Å²) in [6.45, 7) is 0.390. The maximum Gasteiger partial charge on any atom is 0.207 e. The average Bonchev–Trinajstić information content (AvgIpc) is 1.78. The molecule has 0 bridgehead atoms. The third-order valence-corrected chi connectivity index (χ3v) is 3.21. The number of amides is 1. The molecule has 0 aliphatic carbocycles. The Morgan fingerprint density at radius 3 is 2.60 bits per heavy atom. The lowest BCUT2D eigenvalue weighted by Crippen LogP contribution is -2.14. The summed E-state index contributed by atoms with van der Waals surface area (Å²) in [5, 5.41) is 2.36. The molecular weight excluding hydrogens is 174 g/mol. The second-order valence-corrected chi connectivity index (χ2v) is 6.17. The van der Waals surface area contributed by atoms with Crippen LogP contribution in [-0.4, -0.2) is 33.4 Å². The molecule has 0 rings (SSSR count). The Morgan fingerprint density at radius 1 is 1.60 bits per heavy atom. The zero-order valence-electron chi connectivity index (χ0n) is 5.53. The highest BCUT2D eigenvalue weighted by molar-refractivity contribution is 8.71. The normalized spacial score (nSPS) is 10.9. The van der Waals surface area contributed by atoms with Crippen LogP contribution >= 0.6 is 10.8 Å². The van der Waals surface area contributed by atoms with E-state index in [0.717, 1.165) is 17.0 Å². The van der Waals surface area contributed by atoms with Crippen molar-refractivity contribution in [2.24, 2.45) is 0 Å². The quantitative estimate of drug-likeness (QED) is 0.352. The van der Waals surface area contributed by atoms with Gasteiger partial charge in [-0.05, 0) is 10.8 Å². The van der Waals surface area contributed by atoms with Crippen molar-refractivity contribution in [1.82, 2.24) is 5.32 Å². The fourth-order valence-electron chi connectivity index (χ4n) is 0.311. The van der Waals surface area contributed by atoms with E-state index in [-0.39, 0.29) is 0 Å². The largest absolute Gasteiger partial charge is 0.358 e. The van der Waals surface area contributed by atoms with Crippen LogP contribution in [0.25, 0.3) is 0 Å². The van der Waals surface area contributed by atoms with E-state index in [2.05, 4.69) is 5.32 Å². The molecule has 0 saturated carbocycles. The lowest BCUT2D eigenvalue weighted by molar-refractivity contribution is -0.109. The van der Waals surface area contributed by atoms with Crippen LogP contribution in [0.2, 0.25) is 0 Å². The Balaban J connectivity index is 3.29. The maximum atomic E-state index is 10.4. The molecule has 0 fully saturated rings. The second kappa shape index (κ2) is 4.56. The predicted octanol–water partition coefficient (Wildman–Crippen LogP) is -0.575. The lowest BCUT2D eigenvalue weighted by atomic mass is 10.8. The number of rotatable bonds is 5. The third-order valence-electron chi connectivity index (χ3n) is 0.627. The van der Waals surface area contributed by atoms with Gasteiger partial charge in [0.2, 0.25) is 6.41 Å². The summed E-state index contributed by atoms with van der Waals surface area (Å²) in [4.78, 5) is 9.66. The van der Waals surface area contributed by atoms with Crippen LogP contribution in [0, 0.1) is 0 Å². The molecule has 60 valence electrons. The molecule has 1 amide bonds. The summed E-state index contributed by atoms with van der Waals surface area (Å²) in [7, 11) is -2.12. The highest BCUT2D eigenvalue weighted by atomic mass is 33.1. The molecule has 0 atom stereocenters. The van der Waals surface area contributed by atoms with Gasteiger partial charge in [-0.15, -0.1) is 0 Å². The molecular formula is C4H9NO3S2. The summed E-state index contributed by atoms with van der Waals surface area (Å²) in [5.41, 5.74) is 0. The number of nitrogens with one attached hydrogen (secondary N) is 1. The number of hydrogen-bond donors (Lipinski definition) is 1. The average molecular weight is 183 g/mol. The highest BCUT2D eigenvalue weighted by Gasteiger charge is 1.99. The number of carbonyl (C=O) groups excluding carboxylic acids is 1. The molecule has 0 aromatic carbocycles. The molecule has 10 heavy (non-hydrogen) atoms. The van der Waals surface area contributed by atoms with Crippen LogP contribution in [0.15, 0.2) is 0 Å². The van der Waals surface area contributed by atoms with E-state index in [9.17, 15) is 13.2 Å². The van der Waals surface area contributed by atoms with Crippen LogP contribution in [0.4, 0.5) is 0 Å². The van der Waals surface area contributed by atoms with Crippen molar-refractivity contribution in [2.45, 2.75) is 0 Å². The van der Waals surface area contributed by atoms with Crippen LogP contribution in [0.5, 0.6) is 0 Å². The first-order valence-corrected chi connectivity index (χ1v) is 5.97. The minimum Gasteiger partial charge on any atom is -0.358 e. The molecule has 0 aromatic heterocycles. The monoisotopic (exact) mass is 183 g/mol. The van der Waals surface area contributed by atoms with Crippen molar-refractivity contribution in [3.63, 3.8) is 0 Å². The zero-order chi connectivity index (χ0) is 8.04. The van der Waals surface area contributed by atoms with Crippen molar-refractivity contribution in [2.75, 3.05) is 18.6 Å². The van der Waals surface area contributed by atoms with E-state index in [1.165, 1.54) is 0 Å². The first-order chi connectivity index (χ1) is 4.56. The van der Waals surface area contributed by atoms with Gasteiger partial charge < -0.3 is 5.32 Å². The lowest BCUT2D eigenvalue weighted by Gasteiger charge is -1.95. The van der Waals surface area contributed by atoms with E-state index in [1.807, 2.05) is 0 Å². The topological polar surface area (TPSA) is 63.2 Å². The molecule has 4 nitrogen and oxygen atoms in total. The van der Waals surface area contributed by atoms with E-state index < -0.39 is 8.87 Å². The third kappa shape index (κ3) is 7.77. The minimum absolute atomic E-state index is 0.390. The number of carbonyl (C=O) groups is 1. The zero-order valence-corrected chi connectivity index (χ0v) is 7.17. The summed E-state index contributed by atoms with van der Waals surface area (Å²) >= 11 is 0. The first kappa shape index (κ1) is 9.77. The Bertz CT molecular complexity index is 187. The minimum atomic E-state index is -2.94. The van der Waals surface area contributed by atoms with E-state index in [0.29, 0.717) is 18.7 Å². The molecule has 6 heteroatoms. The molecule has 0 heterocycles. The van der Waals surface area contributed by atoms with Gasteiger partial charge in [-0.2, -0.15) is 0 Å². The Hall–Kier alpha value is -0.230. The fraction of sp³-hybridized carbons (Fsp3) is 0.750. The van der Waals surface area contributed by atoms with E-state index in [4.69, 9.17) is 0 Å². The van der Waals surface area contributed by atoms with Crippen LogP contribution in [0.1, 0.15) is 0 Å². The van der Waals surface area contributed by atoms with Crippen molar-refractivity contribution < 1.29 is 13.2 Å². The second-order valence-electron chi connectivity index (χ2n) is 1.60. The van der Waals surface area contributed by atoms with E-state index in [1.54, 1.807) is 0 Å². The molecule has 0 spiro atoms. The van der Waals surface area contributed by atoms with Gasteiger partial charge in [-0.1, -0.05) is 0 Å².